The first-order valence-electron chi connectivity index (χ1n) is 9.81. The molecule has 2 aliphatic heterocycles. The molecule has 2 heterocycles. The number of halogens is 1. The van der Waals surface area contributed by atoms with Crippen molar-refractivity contribution < 1.29 is 13.9 Å². The van der Waals surface area contributed by atoms with Gasteiger partial charge in [0.2, 0.25) is 0 Å². The van der Waals surface area contributed by atoms with Crippen molar-refractivity contribution in [3.63, 3.8) is 0 Å². The van der Waals surface area contributed by atoms with Crippen molar-refractivity contribution in [3.05, 3.63) is 59.9 Å². The van der Waals surface area contributed by atoms with Crippen molar-refractivity contribution in [3.8, 4) is 0 Å². The normalized spacial score (nSPS) is 19.9. The quantitative estimate of drug-likeness (QED) is 0.813. The van der Waals surface area contributed by atoms with E-state index < -0.39 is 0 Å². The molecule has 0 bridgehead atoms. The van der Waals surface area contributed by atoms with Crippen molar-refractivity contribution in [1.29, 1.82) is 0 Å². The smallest absolute Gasteiger partial charge is 0.253 e. The van der Waals surface area contributed by atoms with Crippen molar-refractivity contribution in [2.24, 2.45) is 0 Å². The van der Waals surface area contributed by atoms with E-state index in [0.29, 0.717) is 19.2 Å². The van der Waals surface area contributed by atoms with Gasteiger partial charge in [0.1, 0.15) is 5.82 Å². The van der Waals surface area contributed by atoms with E-state index in [0.717, 1.165) is 49.5 Å². The van der Waals surface area contributed by atoms with Crippen LogP contribution < -0.4 is 9.80 Å². The molecular formula is C22H26FN3O2. The van der Waals surface area contributed by atoms with Crippen molar-refractivity contribution in [2.45, 2.75) is 12.5 Å². The van der Waals surface area contributed by atoms with Gasteiger partial charge in [-0.05, 0) is 55.0 Å². The zero-order valence-corrected chi connectivity index (χ0v) is 16.2. The average Bonchev–Trinajstić information content (AvgIpc) is 3.23. The Morgan fingerprint density at radius 3 is 2.11 bits per heavy atom. The molecule has 0 N–H and O–H groups in total. The molecule has 0 saturated carbocycles. The lowest BCUT2D eigenvalue weighted by atomic mass is 10.1. The molecule has 2 aliphatic rings. The second kappa shape index (κ2) is 8.19. The van der Waals surface area contributed by atoms with E-state index in [-0.39, 0.29) is 11.7 Å². The van der Waals surface area contributed by atoms with Crippen LogP contribution in [0.1, 0.15) is 16.8 Å². The maximum atomic E-state index is 13.1. The topological polar surface area (TPSA) is 36.0 Å². The average molecular weight is 383 g/mol. The number of hydrogen-bond acceptors (Lipinski definition) is 4. The largest absolute Gasteiger partial charge is 0.380 e. The standard InChI is InChI=1S/C22H26FN3O2/c1-28-21-10-11-26(16-21)20-6-2-17(3-7-20)22(27)25-14-12-24(13-15-25)19-8-4-18(23)5-9-19/h2-9,21H,10-16H2,1H3/t21-/m1/s1. The fourth-order valence-electron chi connectivity index (χ4n) is 3.97. The number of nitrogens with zero attached hydrogens (tertiary/aromatic N) is 3. The number of hydrogen-bond donors (Lipinski definition) is 0. The number of carbonyl (C=O) groups excluding carboxylic acids is 1. The Morgan fingerprint density at radius 1 is 0.893 bits per heavy atom. The van der Waals surface area contributed by atoms with Crippen LogP contribution in [-0.2, 0) is 4.74 Å². The molecule has 1 atom stereocenters. The second-order valence-electron chi connectivity index (χ2n) is 7.39. The molecule has 0 aliphatic carbocycles. The summed E-state index contributed by atoms with van der Waals surface area (Å²) < 4.78 is 18.5. The molecule has 5 nitrogen and oxygen atoms in total. The highest BCUT2D eigenvalue weighted by atomic mass is 19.1. The summed E-state index contributed by atoms with van der Waals surface area (Å²) in [6, 6.07) is 14.4. The number of piperazine rings is 1. The lowest BCUT2D eigenvalue weighted by molar-refractivity contribution is 0.0747. The maximum absolute atomic E-state index is 13.1. The minimum atomic E-state index is -0.229. The first kappa shape index (κ1) is 18.7. The maximum Gasteiger partial charge on any atom is 0.253 e. The van der Waals surface area contributed by atoms with Gasteiger partial charge in [-0.1, -0.05) is 0 Å². The van der Waals surface area contributed by atoms with E-state index in [4.69, 9.17) is 4.74 Å². The van der Waals surface area contributed by atoms with E-state index in [1.165, 1.54) is 12.1 Å². The molecule has 0 spiro atoms. The molecule has 28 heavy (non-hydrogen) atoms. The Bertz CT molecular complexity index is 802. The molecule has 148 valence electrons. The Balaban J connectivity index is 1.34. The van der Waals surface area contributed by atoms with Crippen LogP contribution in [-0.4, -0.2) is 63.3 Å². The summed E-state index contributed by atoms with van der Waals surface area (Å²) in [5.74, 6) is -0.158. The fraction of sp³-hybridized carbons (Fsp3) is 0.409. The highest BCUT2D eigenvalue weighted by molar-refractivity contribution is 5.94. The Kier molecular flexibility index (Phi) is 5.48. The van der Waals surface area contributed by atoms with Crippen LogP contribution in [0.2, 0.25) is 0 Å². The molecule has 0 aromatic heterocycles. The monoisotopic (exact) mass is 383 g/mol. The molecule has 0 radical (unpaired) electrons. The third-order valence-electron chi connectivity index (χ3n) is 5.72. The van der Waals surface area contributed by atoms with Gasteiger partial charge in [0.25, 0.3) is 5.91 Å². The number of rotatable bonds is 4. The summed E-state index contributed by atoms with van der Waals surface area (Å²) in [6.07, 6.45) is 1.33. The van der Waals surface area contributed by atoms with Gasteiger partial charge in [-0.15, -0.1) is 0 Å². The van der Waals surface area contributed by atoms with Gasteiger partial charge < -0.3 is 19.4 Å². The number of benzene rings is 2. The van der Waals surface area contributed by atoms with Gasteiger partial charge >= 0.3 is 0 Å². The molecule has 0 unspecified atom stereocenters. The molecule has 1 amide bonds. The van der Waals surface area contributed by atoms with Crippen LogP contribution in [0.5, 0.6) is 0 Å². The number of methoxy groups -OCH3 is 1. The second-order valence-corrected chi connectivity index (χ2v) is 7.39. The van der Waals surface area contributed by atoms with Crippen LogP contribution in [0.4, 0.5) is 15.8 Å². The van der Waals surface area contributed by atoms with E-state index in [1.54, 1.807) is 19.2 Å². The van der Waals surface area contributed by atoms with Crippen molar-refractivity contribution in [1.82, 2.24) is 4.90 Å². The highest BCUT2D eigenvalue weighted by Crippen LogP contribution is 2.23. The molecule has 4 rings (SSSR count). The summed E-state index contributed by atoms with van der Waals surface area (Å²) in [5.41, 5.74) is 2.86. The molecule has 6 heteroatoms. The predicted molar refractivity (Wildman–Crippen MR) is 109 cm³/mol. The molecule has 2 aromatic rings. The highest BCUT2D eigenvalue weighted by Gasteiger charge is 2.24. The first-order chi connectivity index (χ1) is 13.6. The van der Waals surface area contributed by atoms with E-state index in [2.05, 4.69) is 9.80 Å². The fourth-order valence-corrected chi connectivity index (χ4v) is 3.97. The molecule has 2 aromatic carbocycles. The first-order valence-corrected chi connectivity index (χ1v) is 9.81. The van der Waals surface area contributed by atoms with Gasteiger partial charge in [0.05, 0.1) is 6.10 Å². The van der Waals surface area contributed by atoms with Gasteiger partial charge in [0.15, 0.2) is 0 Å². The van der Waals surface area contributed by atoms with Crippen LogP contribution in [0.3, 0.4) is 0 Å². The zero-order valence-electron chi connectivity index (χ0n) is 16.2. The van der Waals surface area contributed by atoms with Gasteiger partial charge in [-0.2, -0.15) is 0 Å². The molecular weight excluding hydrogens is 357 g/mol. The summed E-state index contributed by atoms with van der Waals surface area (Å²) >= 11 is 0. The Hall–Kier alpha value is -2.60. The van der Waals surface area contributed by atoms with Crippen molar-refractivity contribution in [2.75, 3.05) is 56.2 Å². The SMILES string of the molecule is CO[C@@H]1CCN(c2ccc(C(=O)N3CCN(c4ccc(F)cc4)CC3)cc2)C1. The third-order valence-corrected chi connectivity index (χ3v) is 5.72. The lowest BCUT2D eigenvalue weighted by Crippen LogP contribution is -2.48. The number of anilines is 2. The summed E-state index contributed by atoms with van der Waals surface area (Å²) in [5, 5.41) is 0. The summed E-state index contributed by atoms with van der Waals surface area (Å²) in [4.78, 5) is 19.2. The van der Waals surface area contributed by atoms with Gasteiger partial charge in [-0.3, -0.25) is 4.79 Å². The van der Waals surface area contributed by atoms with Crippen LogP contribution >= 0.6 is 0 Å². The minimum absolute atomic E-state index is 0.0708. The van der Waals surface area contributed by atoms with Crippen LogP contribution in [0, 0.1) is 5.82 Å². The molecule has 2 fully saturated rings. The number of ether oxygens (including phenoxy) is 1. The summed E-state index contributed by atoms with van der Waals surface area (Å²) in [7, 11) is 1.76. The van der Waals surface area contributed by atoms with Crippen LogP contribution in [0.25, 0.3) is 0 Å². The molecule has 2 saturated heterocycles. The lowest BCUT2D eigenvalue weighted by Gasteiger charge is -2.36. The van der Waals surface area contributed by atoms with Gasteiger partial charge in [-0.25, -0.2) is 4.39 Å². The third kappa shape index (κ3) is 3.97. The van der Waals surface area contributed by atoms with E-state index in [9.17, 15) is 9.18 Å². The van der Waals surface area contributed by atoms with E-state index in [1.807, 2.05) is 29.2 Å². The van der Waals surface area contributed by atoms with Crippen LogP contribution in [0.15, 0.2) is 48.5 Å². The van der Waals surface area contributed by atoms with E-state index >= 15 is 0 Å². The number of amides is 1. The predicted octanol–water partition coefficient (Wildman–Crippen LogP) is 3.01. The zero-order chi connectivity index (χ0) is 19.5. The summed E-state index contributed by atoms with van der Waals surface area (Å²) in [6.45, 7) is 4.72. The van der Waals surface area contributed by atoms with Gasteiger partial charge in [0, 0.05) is 63.3 Å². The number of carbonyl (C=O) groups is 1. The minimum Gasteiger partial charge on any atom is -0.380 e. The van der Waals surface area contributed by atoms with Crippen molar-refractivity contribution >= 4 is 17.3 Å². The Morgan fingerprint density at radius 2 is 1.50 bits per heavy atom. The Labute approximate surface area is 165 Å².